The number of rotatable bonds is 5. The Bertz CT molecular complexity index is 431. The monoisotopic (exact) mass is 262 g/mol. The molecule has 0 aromatic carbocycles. The topological polar surface area (TPSA) is 73.1 Å². The van der Waals surface area contributed by atoms with Gasteiger partial charge in [-0.1, -0.05) is 13.3 Å². The molecule has 0 aliphatic rings. The van der Waals surface area contributed by atoms with Crippen LogP contribution in [-0.2, 0) is 16.4 Å². The van der Waals surface area contributed by atoms with E-state index in [-0.39, 0.29) is 10.3 Å². The first-order chi connectivity index (χ1) is 7.43. The molecule has 0 fully saturated rings. The van der Waals surface area contributed by atoms with E-state index in [9.17, 15) is 8.42 Å². The van der Waals surface area contributed by atoms with Crippen LogP contribution in [0.25, 0.3) is 0 Å². The molecule has 90 valence electrons. The van der Waals surface area contributed by atoms with Gasteiger partial charge in [-0.3, -0.25) is 4.98 Å². The second kappa shape index (κ2) is 5.61. The van der Waals surface area contributed by atoms with Gasteiger partial charge in [-0.2, -0.15) is 0 Å². The molecule has 4 nitrogen and oxygen atoms in total. The summed E-state index contributed by atoms with van der Waals surface area (Å²) in [6.07, 6.45) is 3.84. The molecule has 2 N–H and O–H groups in total. The van der Waals surface area contributed by atoms with Gasteiger partial charge in [0.05, 0.1) is 0 Å². The standard InChI is InChI=1S/C10H15ClN2O2S/c1-2-3-8(11)6-9-4-5-10(7-13-9)16(12,14)15/h4-5,7-8H,2-3,6H2,1H3,(H2,12,14,15). The van der Waals surface area contributed by atoms with E-state index in [0.717, 1.165) is 18.5 Å². The zero-order chi connectivity index (χ0) is 12.2. The third-order valence-electron chi connectivity index (χ3n) is 2.16. The Morgan fingerprint density at radius 1 is 1.50 bits per heavy atom. The van der Waals surface area contributed by atoms with E-state index in [4.69, 9.17) is 16.7 Å². The van der Waals surface area contributed by atoms with E-state index >= 15 is 0 Å². The van der Waals surface area contributed by atoms with Crippen LogP contribution in [0.3, 0.4) is 0 Å². The van der Waals surface area contributed by atoms with Gasteiger partial charge in [0.1, 0.15) is 4.90 Å². The lowest BCUT2D eigenvalue weighted by atomic mass is 10.1. The Kier molecular flexibility index (Phi) is 4.70. The predicted octanol–water partition coefficient (Wildman–Crippen LogP) is 1.68. The summed E-state index contributed by atoms with van der Waals surface area (Å²) >= 11 is 6.06. The SMILES string of the molecule is CCCC(Cl)Cc1ccc(S(N)(=O)=O)cn1. The van der Waals surface area contributed by atoms with Gasteiger partial charge >= 0.3 is 0 Å². The van der Waals surface area contributed by atoms with Crippen LogP contribution in [0.15, 0.2) is 23.2 Å². The van der Waals surface area contributed by atoms with Gasteiger partial charge in [-0.15, -0.1) is 11.6 Å². The normalized spacial score (nSPS) is 13.7. The number of nitrogens with zero attached hydrogens (tertiary/aromatic N) is 1. The summed E-state index contributed by atoms with van der Waals surface area (Å²) in [5.74, 6) is 0. The number of hydrogen-bond donors (Lipinski definition) is 1. The minimum Gasteiger partial charge on any atom is -0.260 e. The molecule has 6 heteroatoms. The molecule has 1 aromatic rings. The van der Waals surface area contributed by atoms with Crippen LogP contribution in [0, 0.1) is 0 Å². The van der Waals surface area contributed by atoms with Crippen LogP contribution in [0.4, 0.5) is 0 Å². The molecule has 0 saturated heterocycles. The first-order valence-corrected chi connectivity index (χ1v) is 7.03. The molecule has 0 amide bonds. The van der Waals surface area contributed by atoms with Gasteiger partial charge in [-0.25, -0.2) is 13.6 Å². The molecule has 0 aliphatic carbocycles. The fourth-order valence-corrected chi connectivity index (χ4v) is 2.18. The van der Waals surface area contributed by atoms with Gasteiger partial charge in [-0.05, 0) is 18.6 Å². The van der Waals surface area contributed by atoms with Crippen LogP contribution in [0.5, 0.6) is 0 Å². The number of pyridine rings is 1. The number of halogens is 1. The molecule has 16 heavy (non-hydrogen) atoms. The second-order valence-electron chi connectivity index (χ2n) is 3.62. The molecule has 1 heterocycles. The van der Waals surface area contributed by atoms with Crippen LogP contribution >= 0.6 is 11.6 Å². The van der Waals surface area contributed by atoms with Crippen molar-refractivity contribution in [1.82, 2.24) is 4.98 Å². The maximum Gasteiger partial charge on any atom is 0.239 e. The highest BCUT2D eigenvalue weighted by Gasteiger charge is 2.09. The van der Waals surface area contributed by atoms with E-state index in [1.165, 1.54) is 12.3 Å². The van der Waals surface area contributed by atoms with Crippen molar-refractivity contribution in [2.75, 3.05) is 0 Å². The Labute approximate surface area is 101 Å². The quantitative estimate of drug-likeness (QED) is 0.821. The van der Waals surface area contributed by atoms with Crippen LogP contribution in [0.2, 0.25) is 0 Å². The summed E-state index contributed by atoms with van der Waals surface area (Å²) in [6, 6.07) is 3.10. The number of nitrogens with two attached hydrogens (primary N) is 1. The van der Waals surface area contributed by atoms with E-state index in [0.29, 0.717) is 6.42 Å². The lowest BCUT2D eigenvalue weighted by molar-refractivity contribution is 0.597. The molecule has 1 aromatic heterocycles. The molecule has 0 spiro atoms. The van der Waals surface area contributed by atoms with Crippen molar-refractivity contribution < 1.29 is 8.42 Å². The molecule has 0 radical (unpaired) electrons. The molecule has 1 unspecified atom stereocenters. The maximum absolute atomic E-state index is 11.0. The largest absolute Gasteiger partial charge is 0.260 e. The van der Waals surface area contributed by atoms with E-state index in [1.807, 2.05) is 0 Å². The third kappa shape index (κ3) is 4.08. The lowest BCUT2D eigenvalue weighted by Gasteiger charge is -2.07. The van der Waals surface area contributed by atoms with Gasteiger partial charge in [0.15, 0.2) is 0 Å². The van der Waals surface area contributed by atoms with Crippen LogP contribution in [0.1, 0.15) is 25.5 Å². The van der Waals surface area contributed by atoms with Crippen molar-refractivity contribution >= 4 is 21.6 Å². The Hall–Kier alpha value is -0.650. The highest BCUT2D eigenvalue weighted by molar-refractivity contribution is 7.89. The average Bonchev–Trinajstić information content (AvgIpc) is 2.17. The molecule has 0 saturated carbocycles. The van der Waals surface area contributed by atoms with Gasteiger partial charge in [0, 0.05) is 23.7 Å². The lowest BCUT2D eigenvalue weighted by Crippen LogP contribution is -2.13. The number of hydrogen-bond acceptors (Lipinski definition) is 3. The van der Waals surface area contributed by atoms with Crippen LogP contribution in [-0.4, -0.2) is 18.8 Å². The zero-order valence-corrected chi connectivity index (χ0v) is 10.6. The van der Waals surface area contributed by atoms with Gasteiger partial charge in [0.25, 0.3) is 0 Å². The molecule has 0 aliphatic heterocycles. The molecular weight excluding hydrogens is 248 g/mol. The summed E-state index contributed by atoms with van der Waals surface area (Å²) in [4.78, 5) is 4.05. The highest BCUT2D eigenvalue weighted by Crippen LogP contribution is 2.13. The minimum atomic E-state index is -3.65. The maximum atomic E-state index is 11.0. The number of primary sulfonamides is 1. The van der Waals surface area contributed by atoms with Gasteiger partial charge < -0.3 is 0 Å². The summed E-state index contributed by atoms with van der Waals surface area (Å²) in [5.41, 5.74) is 0.779. The van der Waals surface area contributed by atoms with Crippen molar-refractivity contribution in [2.24, 2.45) is 5.14 Å². The summed E-state index contributed by atoms with van der Waals surface area (Å²) in [6.45, 7) is 2.06. The number of alkyl halides is 1. The summed E-state index contributed by atoms with van der Waals surface area (Å²) in [5, 5.41) is 5.00. The van der Waals surface area contributed by atoms with Crippen molar-refractivity contribution in [3.05, 3.63) is 24.0 Å². The average molecular weight is 263 g/mol. The molecular formula is C10H15ClN2O2S. The smallest absolute Gasteiger partial charge is 0.239 e. The van der Waals surface area contributed by atoms with E-state index in [2.05, 4.69) is 11.9 Å². The fourth-order valence-electron chi connectivity index (χ4n) is 1.34. The van der Waals surface area contributed by atoms with Crippen molar-refractivity contribution in [2.45, 2.75) is 36.5 Å². The fraction of sp³-hybridized carbons (Fsp3) is 0.500. The molecule has 1 atom stereocenters. The van der Waals surface area contributed by atoms with Crippen molar-refractivity contribution in [1.29, 1.82) is 0 Å². The molecule has 1 rings (SSSR count). The van der Waals surface area contributed by atoms with E-state index < -0.39 is 10.0 Å². The summed E-state index contributed by atoms with van der Waals surface area (Å²) in [7, 11) is -3.65. The highest BCUT2D eigenvalue weighted by atomic mass is 35.5. The predicted molar refractivity (Wildman–Crippen MR) is 63.9 cm³/mol. The number of sulfonamides is 1. The van der Waals surface area contributed by atoms with Crippen molar-refractivity contribution in [3.8, 4) is 0 Å². The Balaban J connectivity index is 2.72. The van der Waals surface area contributed by atoms with Crippen molar-refractivity contribution in [3.63, 3.8) is 0 Å². The van der Waals surface area contributed by atoms with Gasteiger partial charge in [0.2, 0.25) is 10.0 Å². The first-order valence-electron chi connectivity index (χ1n) is 5.05. The molecule has 0 bridgehead atoms. The third-order valence-corrected chi connectivity index (χ3v) is 3.43. The van der Waals surface area contributed by atoms with E-state index in [1.54, 1.807) is 6.07 Å². The first kappa shape index (κ1) is 13.4. The Morgan fingerprint density at radius 3 is 2.62 bits per heavy atom. The Morgan fingerprint density at radius 2 is 2.19 bits per heavy atom. The second-order valence-corrected chi connectivity index (χ2v) is 5.80. The zero-order valence-electron chi connectivity index (χ0n) is 9.06. The minimum absolute atomic E-state index is 0.0258. The number of aromatic nitrogens is 1. The van der Waals surface area contributed by atoms with Crippen LogP contribution < -0.4 is 5.14 Å². The summed E-state index contributed by atoms with van der Waals surface area (Å²) < 4.78 is 22.0.